The molecule has 8 nitrogen and oxygen atoms in total. The van der Waals surface area contributed by atoms with Crippen LogP contribution >= 0.6 is 12.2 Å². The monoisotopic (exact) mass is 357 g/mol. The highest BCUT2D eigenvalue weighted by Gasteiger charge is 2.14. The summed E-state index contributed by atoms with van der Waals surface area (Å²) in [5.74, 6) is -1.98. The number of hydrogen-bond donors (Lipinski definition) is 5. The number of rotatable bonds is 3. The number of hydrogen-bond acceptors (Lipinski definition) is 6. The third kappa shape index (κ3) is 3.26. The maximum Gasteiger partial charge on any atom is 0.339 e. The maximum atomic E-state index is 11.8. The molecule has 3 rings (SSSR count). The lowest BCUT2D eigenvalue weighted by Gasteiger charge is -2.03. The first-order valence-electron chi connectivity index (χ1n) is 6.96. The predicted molar refractivity (Wildman–Crippen MR) is 92.6 cm³/mol. The minimum Gasteiger partial charge on any atom is -0.507 e. The van der Waals surface area contributed by atoms with Crippen LogP contribution in [0, 0.1) is 4.77 Å². The van der Waals surface area contributed by atoms with Crippen LogP contribution in [0.2, 0.25) is 0 Å². The second kappa shape index (κ2) is 6.21. The molecule has 0 saturated carbocycles. The SMILES string of the molecule is O=C(O)c1ccc(C2=N/C(=C/c3c(O)[nH]c(=S)[nH]c3=O)C=C2)cc1O. The Kier molecular flexibility index (Phi) is 4.07. The fourth-order valence-corrected chi connectivity index (χ4v) is 2.45. The van der Waals surface area contributed by atoms with Gasteiger partial charge in [-0.1, -0.05) is 6.07 Å². The first-order chi connectivity index (χ1) is 11.8. The summed E-state index contributed by atoms with van der Waals surface area (Å²) in [5.41, 5.74) is 0.573. The van der Waals surface area contributed by atoms with Gasteiger partial charge in [0.1, 0.15) is 16.9 Å². The van der Waals surface area contributed by atoms with Crippen LogP contribution in [0.4, 0.5) is 0 Å². The van der Waals surface area contributed by atoms with E-state index >= 15 is 0 Å². The molecule has 0 atom stereocenters. The van der Waals surface area contributed by atoms with Crippen LogP contribution in [-0.2, 0) is 0 Å². The highest BCUT2D eigenvalue weighted by Crippen LogP contribution is 2.23. The number of aromatic carboxylic acids is 1. The molecule has 1 aliphatic rings. The number of aromatic amines is 2. The van der Waals surface area contributed by atoms with Gasteiger partial charge in [0.2, 0.25) is 5.88 Å². The number of allylic oxidation sites excluding steroid dienone is 2. The molecule has 1 aliphatic heterocycles. The van der Waals surface area contributed by atoms with Gasteiger partial charge in [-0.2, -0.15) is 0 Å². The van der Waals surface area contributed by atoms with Crippen molar-refractivity contribution in [1.29, 1.82) is 0 Å². The Balaban J connectivity index is 1.98. The highest BCUT2D eigenvalue weighted by molar-refractivity contribution is 7.71. The molecule has 0 amide bonds. The molecule has 2 heterocycles. The number of H-pyrrole nitrogens is 2. The van der Waals surface area contributed by atoms with E-state index in [2.05, 4.69) is 15.0 Å². The van der Waals surface area contributed by atoms with Gasteiger partial charge >= 0.3 is 5.97 Å². The zero-order chi connectivity index (χ0) is 18.1. The number of carboxylic acid groups (broad SMARTS) is 1. The number of nitrogens with one attached hydrogen (secondary N) is 2. The first kappa shape index (κ1) is 16.4. The van der Waals surface area contributed by atoms with Gasteiger partial charge in [0, 0.05) is 5.56 Å². The summed E-state index contributed by atoms with van der Waals surface area (Å²) < 4.78 is 0.00444. The molecule has 1 aromatic carbocycles. The van der Waals surface area contributed by atoms with Gasteiger partial charge in [0.05, 0.1) is 11.4 Å². The maximum absolute atomic E-state index is 11.8. The Bertz CT molecular complexity index is 1090. The average molecular weight is 357 g/mol. The van der Waals surface area contributed by atoms with E-state index in [0.717, 1.165) is 0 Å². The van der Waals surface area contributed by atoms with Gasteiger partial charge in [-0.05, 0) is 42.6 Å². The first-order valence-corrected chi connectivity index (χ1v) is 7.36. The lowest BCUT2D eigenvalue weighted by atomic mass is 10.1. The molecule has 0 spiro atoms. The molecular formula is C16H11N3O5S. The van der Waals surface area contributed by atoms with Crippen LogP contribution in [0.25, 0.3) is 6.08 Å². The van der Waals surface area contributed by atoms with E-state index in [-0.39, 0.29) is 27.5 Å². The third-order valence-electron chi connectivity index (χ3n) is 3.44. The van der Waals surface area contributed by atoms with Crippen molar-refractivity contribution in [1.82, 2.24) is 9.97 Å². The molecule has 25 heavy (non-hydrogen) atoms. The zero-order valence-electron chi connectivity index (χ0n) is 12.5. The summed E-state index contributed by atoms with van der Waals surface area (Å²) in [6.07, 6.45) is 4.61. The summed E-state index contributed by atoms with van der Waals surface area (Å²) >= 11 is 4.75. The van der Waals surface area contributed by atoms with E-state index in [0.29, 0.717) is 17.0 Å². The number of benzene rings is 1. The van der Waals surface area contributed by atoms with Crippen LogP contribution in [0.1, 0.15) is 21.5 Å². The van der Waals surface area contributed by atoms with E-state index in [1.54, 1.807) is 12.2 Å². The van der Waals surface area contributed by atoms with Gasteiger partial charge in [-0.15, -0.1) is 0 Å². The molecule has 1 aromatic heterocycles. The van der Waals surface area contributed by atoms with Crippen molar-refractivity contribution in [2.45, 2.75) is 0 Å². The molecule has 0 saturated heterocycles. The van der Waals surface area contributed by atoms with E-state index in [9.17, 15) is 19.8 Å². The number of aliphatic imine (C=N–C) groups is 1. The molecule has 126 valence electrons. The van der Waals surface area contributed by atoms with Crippen molar-refractivity contribution in [3.8, 4) is 11.6 Å². The lowest BCUT2D eigenvalue weighted by Crippen LogP contribution is -2.10. The Hall–Kier alpha value is -3.46. The molecular weight excluding hydrogens is 346 g/mol. The van der Waals surface area contributed by atoms with Gasteiger partial charge in [-0.3, -0.25) is 9.78 Å². The summed E-state index contributed by atoms with van der Waals surface area (Å²) in [5, 5.41) is 28.5. The number of phenols is 1. The number of aromatic hydroxyl groups is 2. The number of carbonyl (C=O) groups is 1. The molecule has 0 fully saturated rings. The fraction of sp³-hybridized carbons (Fsp3) is 0. The molecule has 0 bridgehead atoms. The van der Waals surface area contributed by atoms with Gasteiger partial charge in [0.15, 0.2) is 4.77 Å². The number of aromatic nitrogens is 2. The molecule has 2 aromatic rings. The number of carboxylic acids is 1. The van der Waals surface area contributed by atoms with Crippen LogP contribution in [-0.4, -0.2) is 37.0 Å². The van der Waals surface area contributed by atoms with E-state index in [1.807, 2.05) is 0 Å². The highest BCUT2D eigenvalue weighted by atomic mass is 32.1. The van der Waals surface area contributed by atoms with Gasteiger partial charge in [0.25, 0.3) is 5.56 Å². The normalized spacial score (nSPS) is 14.7. The standard InChI is InChI=1S/C16H11N3O5S/c20-12-5-7(1-3-9(12)15(23)24)11-4-2-8(17-11)6-10-13(21)18-16(25)19-14(10)22/h1-6,20H,(H,23,24)(H3,18,19,21,22,25)/b8-6+. The molecule has 5 N–H and O–H groups in total. The molecule has 9 heteroatoms. The topological polar surface area (TPSA) is 139 Å². The van der Waals surface area contributed by atoms with Crippen LogP contribution < -0.4 is 5.56 Å². The summed E-state index contributed by atoms with van der Waals surface area (Å²) in [7, 11) is 0. The zero-order valence-corrected chi connectivity index (χ0v) is 13.3. The quantitative estimate of drug-likeness (QED) is 0.532. The summed E-state index contributed by atoms with van der Waals surface area (Å²) in [6, 6.07) is 4.08. The van der Waals surface area contributed by atoms with Crippen LogP contribution in [0.15, 0.2) is 45.8 Å². The lowest BCUT2D eigenvalue weighted by molar-refractivity contribution is 0.0693. The van der Waals surface area contributed by atoms with Gasteiger partial charge < -0.3 is 20.3 Å². The number of nitrogens with zero attached hydrogens (tertiary/aromatic N) is 1. The average Bonchev–Trinajstić information content (AvgIpc) is 2.99. The Morgan fingerprint density at radius 1 is 1.20 bits per heavy atom. The second-order valence-corrected chi connectivity index (χ2v) is 5.52. The molecule has 0 unspecified atom stereocenters. The molecule has 0 radical (unpaired) electrons. The minimum atomic E-state index is -1.23. The Morgan fingerprint density at radius 2 is 1.96 bits per heavy atom. The van der Waals surface area contributed by atoms with Crippen molar-refractivity contribution >= 4 is 30.0 Å². The minimum absolute atomic E-state index is 0.00444. The Morgan fingerprint density at radius 3 is 2.60 bits per heavy atom. The summed E-state index contributed by atoms with van der Waals surface area (Å²) in [6.45, 7) is 0. The van der Waals surface area contributed by atoms with Crippen molar-refractivity contribution < 1.29 is 20.1 Å². The van der Waals surface area contributed by atoms with Crippen molar-refractivity contribution in [3.63, 3.8) is 0 Å². The van der Waals surface area contributed by atoms with Crippen LogP contribution in [0.3, 0.4) is 0 Å². The smallest absolute Gasteiger partial charge is 0.339 e. The molecule has 0 aliphatic carbocycles. The summed E-state index contributed by atoms with van der Waals surface area (Å²) in [4.78, 5) is 31.8. The van der Waals surface area contributed by atoms with Gasteiger partial charge in [-0.25, -0.2) is 9.79 Å². The second-order valence-electron chi connectivity index (χ2n) is 5.11. The van der Waals surface area contributed by atoms with Crippen molar-refractivity contribution in [2.24, 2.45) is 4.99 Å². The largest absolute Gasteiger partial charge is 0.507 e. The van der Waals surface area contributed by atoms with Crippen molar-refractivity contribution in [2.75, 3.05) is 0 Å². The third-order valence-corrected chi connectivity index (χ3v) is 3.64. The Labute approximate surface area is 145 Å². The fourth-order valence-electron chi connectivity index (χ4n) is 2.26. The predicted octanol–water partition coefficient (Wildman–Crippen LogP) is 1.94. The van der Waals surface area contributed by atoms with E-state index < -0.39 is 11.5 Å². The van der Waals surface area contributed by atoms with Crippen molar-refractivity contribution in [3.05, 3.63) is 67.9 Å². The van der Waals surface area contributed by atoms with Crippen LogP contribution in [0.5, 0.6) is 11.6 Å². The van der Waals surface area contributed by atoms with E-state index in [1.165, 1.54) is 24.3 Å². The van der Waals surface area contributed by atoms with E-state index in [4.69, 9.17) is 17.3 Å².